The number of nitrogens with zero attached hydrogens (tertiary/aromatic N) is 1. The van der Waals surface area contributed by atoms with Gasteiger partial charge in [0.1, 0.15) is 0 Å². The highest BCUT2D eigenvalue weighted by Crippen LogP contribution is 2.39. The smallest absolute Gasteiger partial charge is 0.0156 e. The molecule has 0 aromatic rings. The summed E-state index contributed by atoms with van der Waals surface area (Å²) in [5, 5.41) is 3.60. The average Bonchev–Trinajstić information content (AvgIpc) is 2.27. The van der Waals surface area contributed by atoms with E-state index < -0.39 is 0 Å². The van der Waals surface area contributed by atoms with Gasteiger partial charge in [-0.25, -0.2) is 0 Å². The molecule has 1 fully saturated rings. The molecule has 2 nitrogen and oxygen atoms in total. The number of nitrogens with one attached hydrogen (secondary N) is 1. The monoisotopic (exact) mass is 254 g/mol. The van der Waals surface area contributed by atoms with Gasteiger partial charge in [0.2, 0.25) is 0 Å². The van der Waals surface area contributed by atoms with Gasteiger partial charge in [-0.3, -0.25) is 0 Å². The van der Waals surface area contributed by atoms with Crippen LogP contribution in [0.1, 0.15) is 60.3 Å². The molecule has 0 amide bonds. The van der Waals surface area contributed by atoms with Crippen LogP contribution in [0.2, 0.25) is 0 Å². The molecule has 2 atom stereocenters. The van der Waals surface area contributed by atoms with E-state index in [0.717, 1.165) is 5.92 Å². The second-order valence-corrected chi connectivity index (χ2v) is 7.00. The van der Waals surface area contributed by atoms with Gasteiger partial charge < -0.3 is 10.2 Å². The molecule has 2 heteroatoms. The zero-order valence-corrected chi connectivity index (χ0v) is 13.4. The van der Waals surface area contributed by atoms with Gasteiger partial charge in [-0.15, -0.1) is 0 Å². The van der Waals surface area contributed by atoms with Crippen molar-refractivity contribution >= 4 is 0 Å². The van der Waals surface area contributed by atoms with Crippen molar-refractivity contribution < 1.29 is 0 Å². The van der Waals surface area contributed by atoms with E-state index in [9.17, 15) is 0 Å². The fourth-order valence-electron chi connectivity index (χ4n) is 3.75. The van der Waals surface area contributed by atoms with Crippen molar-refractivity contribution in [2.75, 3.05) is 20.1 Å². The summed E-state index contributed by atoms with van der Waals surface area (Å²) >= 11 is 0. The fourth-order valence-corrected chi connectivity index (χ4v) is 3.75. The highest BCUT2D eigenvalue weighted by Gasteiger charge is 2.38. The van der Waals surface area contributed by atoms with Crippen molar-refractivity contribution in [3.63, 3.8) is 0 Å². The van der Waals surface area contributed by atoms with Crippen molar-refractivity contribution in [2.45, 2.75) is 72.4 Å². The Morgan fingerprint density at radius 3 is 2.50 bits per heavy atom. The van der Waals surface area contributed by atoms with Crippen molar-refractivity contribution in [3.8, 4) is 0 Å². The van der Waals surface area contributed by atoms with E-state index in [-0.39, 0.29) is 0 Å². The summed E-state index contributed by atoms with van der Waals surface area (Å²) in [4.78, 5) is 2.66. The van der Waals surface area contributed by atoms with Gasteiger partial charge in [0.05, 0.1) is 0 Å². The molecule has 0 aliphatic heterocycles. The van der Waals surface area contributed by atoms with Crippen molar-refractivity contribution in [1.82, 2.24) is 10.2 Å². The van der Waals surface area contributed by atoms with Crippen LogP contribution in [0.3, 0.4) is 0 Å². The molecular formula is C16H34N2. The quantitative estimate of drug-likeness (QED) is 0.780. The summed E-state index contributed by atoms with van der Waals surface area (Å²) in [6.45, 7) is 14.3. The van der Waals surface area contributed by atoms with E-state index in [1.165, 1.54) is 38.8 Å². The minimum atomic E-state index is 0.451. The third-order valence-corrected chi connectivity index (χ3v) is 4.73. The Labute approximate surface area is 115 Å². The molecule has 1 N–H and O–H groups in total. The topological polar surface area (TPSA) is 15.3 Å². The molecular weight excluding hydrogens is 220 g/mol. The first kappa shape index (κ1) is 16.0. The summed E-state index contributed by atoms with van der Waals surface area (Å²) in [6, 6.07) is 1.34. The van der Waals surface area contributed by atoms with Crippen molar-refractivity contribution in [1.29, 1.82) is 0 Å². The molecule has 1 rings (SSSR count). The Balaban J connectivity index is 2.68. The van der Waals surface area contributed by atoms with E-state index in [1.807, 2.05) is 0 Å². The predicted molar refractivity (Wildman–Crippen MR) is 81.0 cm³/mol. The molecule has 1 saturated carbocycles. The van der Waals surface area contributed by atoms with Gasteiger partial charge in [-0.05, 0) is 58.0 Å². The van der Waals surface area contributed by atoms with E-state index in [4.69, 9.17) is 0 Å². The molecule has 0 radical (unpaired) electrons. The summed E-state index contributed by atoms with van der Waals surface area (Å²) < 4.78 is 0. The van der Waals surface area contributed by atoms with Crippen LogP contribution in [0, 0.1) is 11.3 Å². The van der Waals surface area contributed by atoms with Gasteiger partial charge >= 0.3 is 0 Å². The van der Waals surface area contributed by atoms with E-state index in [2.05, 4.69) is 51.9 Å². The first-order chi connectivity index (χ1) is 8.42. The van der Waals surface area contributed by atoms with Crippen molar-refractivity contribution in [3.05, 3.63) is 0 Å². The van der Waals surface area contributed by atoms with Gasteiger partial charge in [0.25, 0.3) is 0 Å². The second kappa shape index (κ2) is 6.91. The zero-order chi connectivity index (χ0) is 13.8. The maximum atomic E-state index is 3.60. The maximum Gasteiger partial charge on any atom is 0.0156 e. The summed E-state index contributed by atoms with van der Waals surface area (Å²) in [5.74, 6) is 0.813. The van der Waals surface area contributed by atoms with Crippen LogP contribution in [-0.2, 0) is 0 Å². The lowest BCUT2D eigenvalue weighted by atomic mass is 9.67. The molecule has 1 aliphatic rings. The number of hydrogen-bond donors (Lipinski definition) is 1. The molecule has 2 unspecified atom stereocenters. The Kier molecular flexibility index (Phi) is 6.13. The second-order valence-electron chi connectivity index (χ2n) is 7.00. The molecule has 0 saturated heterocycles. The Morgan fingerprint density at radius 1 is 1.33 bits per heavy atom. The lowest BCUT2D eigenvalue weighted by Crippen LogP contribution is -2.52. The Morgan fingerprint density at radius 2 is 2.00 bits per heavy atom. The van der Waals surface area contributed by atoms with Crippen LogP contribution in [0.4, 0.5) is 0 Å². The zero-order valence-electron chi connectivity index (χ0n) is 13.4. The van der Waals surface area contributed by atoms with Crippen LogP contribution < -0.4 is 5.32 Å². The molecule has 0 aromatic carbocycles. The standard InChI is InChI=1S/C16H34N2/c1-7-11-18(13(2)3)12-14-9-8-10-16(4,5)15(14)17-6/h13-15,17H,7-12H2,1-6H3. The van der Waals surface area contributed by atoms with E-state index in [0.29, 0.717) is 17.5 Å². The SMILES string of the molecule is CCCN(CC1CCCC(C)(C)C1NC)C(C)C. The molecule has 1 aliphatic carbocycles. The average molecular weight is 254 g/mol. The van der Waals surface area contributed by atoms with Crippen LogP contribution in [0.25, 0.3) is 0 Å². The first-order valence-corrected chi connectivity index (χ1v) is 7.83. The summed E-state index contributed by atoms with van der Waals surface area (Å²) in [5.41, 5.74) is 0.451. The van der Waals surface area contributed by atoms with E-state index >= 15 is 0 Å². The van der Waals surface area contributed by atoms with Crippen LogP contribution >= 0.6 is 0 Å². The van der Waals surface area contributed by atoms with Gasteiger partial charge in [0, 0.05) is 18.6 Å². The minimum Gasteiger partial charge on any atom is -0.316 e. The predicted octanol–water partition coefficient (Wildman–Crippen LogP) is 3.52. The van der Waals surface area contributed by atoms with E-state index in [1.54, 1.807) is 0 Å². The van der Waals surface area contributed by atoms with Gasteiger partial charge in [-0.1, -0.05) is 27.2 Å². The van der Waals surface area contributed by atoms with Crippen LogP contribution in [-0.4, -0.2) is 37.1 Å². The van der Waals surface area contributed by atoms with Gasteiger partial charge in [0.15, 0.2) is 0 Å². The Hall–Kier alpha value is -0.0800. The number of rotatable bonds is 6. The molecule has 108 valence electrons. The van der Waals surface area contributed by atoms with Gasteiger partial charge in [-0.2, -0.15) is 0 Å². The van der Waals surface area contributed by atoms with Crippen LogP contribution in [0.15, 0.2) is 0 Å². The first-order valence-electron chi connectivity index (χ1n) is 7.83. The fraction of sp³-hybridized carbons (Fsp3) is 1.00. The summed E-state index contributed by atoms with van der Waals surface area (Å²) in [7, 11) is 2.14. The highest BCUT2D eigenvalue weighted by molar-refractivity contribution is 4.94. The molecule has 0 aromatic heterocycles. The van der Waals surface area contributed by atoms with Crippen molar-refractivity contribution in [2.24, 2.45) is 11.3 Å². The molecule has 0 bridgehead atoms. The minimum absolute atomic E-state index is 0.451. The molecule has 0 heterocycles. The number of hydrogen-bond acceptors (Lipinski definition) is 2. The molecule has 0 spiro atoms. The molecule has 18 heavy (non-hydrogen) atoms. The maximum absolute atomic E-state index is 3.60. The van der Waals surface area contributed by atoms with Crippen LogP contribution in [0.5, 0.6) is 0 Å². The largest absolute Gasteiger partial charge is 0.316 e. The third kappa shape index (κ3) is 3.96. The lowest BCUT2D eigenvalue weighted by Gasteiger charge is -2.46. The third-order valence-electron chi connectivity index (χ3n) is 4.73. The normalized spacial score (nSPS) is 28.0. The summed E-state index contributed by atoms with van der Waals surface area (Å²) in [6.07, 6.45) is 5.42. The Bertz CT molecular complexity index is 235. The lowest BCUT2D eigenvalue weighted by molar-refractivity contribution is 0.0736. The highest BCUT2D eigenvalue weighted by atomic mass is 15.1.